The molecule has 2 N–H and O–H groups in total. The number of carbonyl (C=O) groups excluding carboxylic acids is 1. The van der Waals surface area contributed by atoms with Crippen LogP contribution in [0, 0.1) is 0 Å². The summed E-state index contributed by atoms with van der Waals surface area (Å²) in [6.45, 7) is 4.04. The number of rotatable bonds is 5. The molecule has 0 saturated heterocycles. The summed E-state index contributed by atoms with van der Waals surface area (Å²) >= 11 is 0. The van der Waals surface area contributed by atoms with Crippen molar-refractivity contribution < 1.29 is 14.7 Å². The van der Waals surface area contributed by atoms with E-state index < -0.39 is 11.5 Å². The zero-order valence-corrected chi connectivity index (χ0v) is 10.8. The van der Waals surface area contributed by atoms with E-state index in [1.807, 2.05) is 13.8 Å². The highest BCUT2D eigenvalue weighted by Gasteiger charge is 2.46. The highest BCUT2D eigenvalue weighted by molar-refractivity contribution is 5.87. The third kappa shape index (κ3) is 2.70. The van der Waals surface area contributed by atoms with E-state index >= 15 is 0 Å². The van der Waals surface area contributed by atoms with Crippen molar-refractivity contribution in [1.29, 1.82) is 0 Å². The second-order valence-electron chi connectivity index (χ2n) is 4.75. The van der Waals surface area contributed by atoms with Crippen LogP contribution in [-0.4, -0.2) is 40.6 Å². The molecule has 5 nitrogen and oxygen atoms in total. The Labute approximate surface area is 102 Å². The number of aliphatic carboxylic acids is 1. The Hall–Kier alpha value is -1.26. The fraction of sp³-hybridized carbons (Fsp3) is 0.833. The van der Waals surface area contributed by atoms with Crippen LogP contribution in [0.15, 0.2) is 0 Å². The van der Waals surface area contributed by atoms with Gasteiger partial charge in [0.1, 0.15) is 5.54 Å². The van der Waals surface area contributed by atoms with Gasteiger partial charge in [-0.1, -0.05) is 13.8 Å². The molecule has 5 heteroatoms. The minimum absolute atomic E-state index is 0.168. The summed E-state index contributed by atoms with van der Waals surface area (Å²) in [4.78, 5) is 24.7. The van der Waals surface area contributed by atoms with Crippen LogP contribution >= 0.6 is 0 Å². The average Bonchev–Trinajstić information content (AvgIpc) is 2.24. The fourth-order valence-corrected chi connectivity index (χ4v) is 2.22. The third-order valence-electron chi connectivity index (χ3n) is 3.77. The Morgan fingerprint density at radius 2 is 1.88 bits per heavy atom. The normalized spacial score (nSPS) is 17.4. The molecule has 2 amide bonds. The SMILES string of the molecule is CCC(CC)N(C)C(=O)NC1(C(=O)O)CCC1. The van der Waals surface area contributed by atoms with Gasteiger partial charge in [0.15, 0.2) is 0 Å². The van der Waals surface area contributed by atoms with Crippen molar-refractivity contribution in [3.05, 3.63) is 0 Å². The van der Waals surface area contributed by atoms with Gasteiger partial charge in [0.05, 0.1) is 0 Å². The minimum Gasteiger partial charge on any atom is -0.480 e. The maximum absolute atomic E-state index is 12.0. The summed E-state index contributed by atoms with van der Waals surface area (Å²) in [5, 5.41) is 11.8. The first kappa shape index (κ1) is 13.8. The Kier molecular flexibility index (Phi) is 4.37. The summed E-state index contributed by atoms with van der Waals surface area (Å²) in [5.74, 6) is -0.921. The fourth-order valence-electron chi connectivity index (χ4n) is 2.22. The molecule has 0 aromatic rings. The summed E-state index contributed by atoms with van der Waals surface area (Å²) in [6, 6.07) is -0.110. The first-order valence-electron chi connectivity index (χ1n) is 6.25. The van der Waals surface area contributed by atoms with Gasteiger partial charge in [0.25, 0.3) is 0 Å². The molecule has 0 bridgehead atoms. The van der Waals surface area contributed by atoms with E-state index in [1.165, 1.54) is 0 Å². The summed E-state index contributed by atoms with van der Waals surface area (Å²) in [5.41, 5.74) is -1.02. The van der Waals surface area contributed by atoms with Crippen molar-refractivity contribution in [3.8, 4) is 0 Å². The van der Waals surface area contributed by atoms with Crippen LogP contribution in [0.3, 0.4) is 0 Å². The lowest BCUT2D eigenvalue weighted by molar-refractivity contribution is -0.148. The Morgan fingerprint density at radius 3 is 2.18 bits per heavy atom. The molecule has 17 heavy (non-hydrogen) atoms. The quantitative estimate of drug-likeness (QED) is 0.772. The lowest BCUT2D eigenvalue weighted by atomic mass is 9.77. The number of carboxylic acids is 1. The largest absolute Gasteiger partial charge is 0.480 e. The molecule has 1 aliphatic carbocycles. The van der Waals surface area contributed by atoms with E-state index in [0.717, 1.165) is 19.3 Å². The maximum Gasteiger partial charge on any atom is 0.329 e. The van der Waals surface area contributed by atoms with Crippen molar-refractivity contribution in [2.24, 2.45) is 0 Å². The summed E-state index contributed by atoms with van der Waals surface area (Å²) in [6.07, 6.45) is 3.68. The van der Waals surface area contributed by atoms with Crippen LogP contribution in [-0.2, 0) is 4.79 Å². The van der Waals surface area contributed by atoms with Gasteiger partial charge in [-0.25, -0.2) is 9.59 Å². The van der Waals surface area contributed by atoms with E-state index in [0.29, 0.717) is 12.8 Å². The van der Waals surface area contributed by atoms with Gasteiger partial charge in [0.2, 0.25) is 0 Å². The number of nitrogens with zero attached hydrogens (tertiary/aromatic N) is 1. The van der Waals surface area contributed by atoms with Gasteiger partial charge in [-0.15, -0.1) is 0 Å². The standard InChI is InChI=1S/C12H22N2O3/c1-4-9(5-2)14(3)11(17)13-12(10(15)16)7-6-8-12/h9H,4-8H2,1-3H3,(H,13,17)(H,15,16). The number of carbonyl (C=O) groups is 2. The van der Waals surface area contributed by atoms with Crippen LogP contribution in [0.1, 0.15) is 46.0 Å². The highest BCUT2D eigenvalue weighted by Crippen LogP contribution is 2.32. The number of urea groups is 1. The molecule has 0 spiro atoms. The first-order chi connectivity index (χ1) is 7.96. The van der Waals surface area contributed by atoms with E-state index in [9.17, 15) is 9.59 Å². The molecular weight excluding hydrogens is 220 g/mol. The smallest absolute Gasteiger partial charge is 0.329 e. The molecule has 0 aliphatic heterocycles. The predicted molar refractivity (Wildman–Crippen MR) is 64.9 cm³/mol. The zero-order chi connectivity index (χ0) is 13.1. The Morgan fingerprint density at radius 1 is 1.35 bits per heavy atom. The van der Waals surface area contributed by atoms with Crippen LogP contribution in [0.4, 0.5) is 4.79 Å². The number of nitrogens with one attached hydrogen (secondary N) is 1. The van der Waals surface area contributed by atoms with Gasteiger partial charge < -0.3 is 15.3 Å². The molecule has 1 rings (SSSR count). The van der Waals surface area contributed by atoms with Gasteiger partial charge >= 0.3 is 12.0 Å². The molecule has 1 aliphatic rings. The van der Waals surface area contributed by atoms with Crippen molar-refractivity contribution in [2.45, 2.75) is 57.5 Å². The second-order valence-corrected chi connectivity index (χ2v) is 4.75. The van der Waals surface area contributed by atoms with Crippen molar-refractivity contribution in [1.82, 2.24) is 10.2 Å². The number of hydrogen-bond acceptors (Lipinski definition) is 2. The van der Waals surface area contributed by atoms with Gasteiger partial charge in [-0.05, 0) is 32.1 Å². The van der Waals surface area contributed by atoms with Crippen LogP contribution in [0.2, 0.25) is 0 Å². The lowest BCUT2D eigenvalue weighted by Gasteiger charge is -2.40. The highest BCUT2D eigenvalue weighted by atomic mass is 16.4. The zero-order valence-electron chi connectivity index (χ0n) is 10.8. The minimum atomic E-state index is -1.02. The molecule has 0 aromatic carbocycles. The topological polar surface area (TPSA) is 69.6 Å². The Bertz CT molecular complexity index is 296. The van der Waals surface area contributed by atoms with Crippen LogP contribution in [0.5, 0.6) is 0 Å². The molecule has 0 atom stereocenters. The van der Waals surface area contributed by atoms with Crippen LogP contribution in [0.25, 0.3) is 0 Å². The van der Waals surface area contributed by atoms with Crippen molar-refractivity contribution in [3.63, 3.8) is 0 Å². The average molecular weight is 242 g/mol. The summed E-state index contributed by atoms with van der Waals surface area (Å²) < 4.78 is 0. The molecule has 0 radical (unpaired) electrons. The number of amides is 2. The Balaban J connectivity index is 2.62. The second kappa shape index (κ2) is 5.38. The molecular formula is C12H22N2O3. The van der Waals surface area contributed by atoms with Gasteiger partial charge in [0, 0.05) is 13.1 Å². The molecule has 98 valence electrons. The molecule has 0 unspecified atom stereocenters. The van der Waals surface area contributed by atoms with Gasteiger partial charge in [-0.2, -0.15) is 0 Å². The monoisotopic (exact) mass is 242 g/mol. The van der Waals surface area contributed by atoms with E-state index in [4.69, 9.17) is 5.11 Å². The first-order valence-corrected chi connectivity index (χ1v) is 6.25. The van der Waals surface area contributed by atoms with Crippen molar-refractivity contribution >= 4 is 12.0 Å². The molecule has 0 heterocycles. The molecule has 1 saturated carbocycles. The number of carboxylic acid groups (broad SMARTS) is 1. The maximum atomic E-state index is 12.0. The van der Waals surface area contributed by atoms with Crippen LogP contribution < -0.4 is 5.32 Å². The van der Waals surface area contributed by atoms with E-state index in [-0.39, 0.29) is 12.1 Å². The van der Waals surface area contributed by atoms with E-state index in [2.05, 4.69) is 5.32 Å². The van der Waals surface area contributed by atoms with Crippen molar-refractivity contribution in [2.75, 3.05) is 7.05 Å². The number of hydrogen-bond donors (Lipinski definition) is 2. The third-order valence-corrected chi connectivity index (χ3v) is 3.77. The molecule has 1 fully saturated rings. The predicted octanol–water partition coefficient (Wildman–Crippen LogP) is 1.82. The summed E-state index contributed by atoms with van der Waals surface area (Å²) in [7, 11) is 1.72. The van der Waals surface area contributed by atoms with E-state index in [1.54, 1.807) is 11.9 Å². The molecule has 0 aromatic heterocycles. The van der Waals surface area contributed by atoms with Gasteiger partial charge in [-0.3, -0.25) is 0 Å². The lowest BCUT2D eigenvalue weighted by Crippen LogP contribution is -2.62.